The number of thioether (sulfide) groups is 1. The number of fused-ring (bicyclic) bond motifs is 3. The van der Waals surface area contributed by atoms with E-state index in [9.17, 15) is 4.79 Å². The summed E-state index contributed by atoms with van der Waals surface area (Å²) in [6.07, 6.45) is 3.58. The van der Waals surface area contributed by atoms with Crippen LogP contribution in [0.1, 0.15) is 18.9 Å². The van der Waals surface area contributed by atoms with E-state index in [4.69, 9.17) is 0 Å². The lowest BCUT2D eigenvalue weighted by Gasteiger charge is -2.11. The average molecular weight is 315 g/mol. The van der Waals surface area contributed by atoms with E-state index in [1.807, 2.05) is 12.1 Å². The van der Waals surface area contributed by atoms with Gasteiger partial charge in [0.2, 0.25) is 0 Å². The van der Waals surface area contributed by atoms with Gasteiger partial charge in [-0.05, 0) is 25.5 Å². The number of hydrogen-bond donors (Lipinski definition) is 1. The van der Waals surface area contributed by atoms with Gasteiger partial charge >= 0.3 is 0 Å². The highest BCUT2D eigenvalue weighted by Crippen LogP contribution is 2.34. The number of hydrogen-bond acceptors (Lipinski definition) is 4. The predicted molar refractivity (Wildman–Crippen MR) is 91.5 cm³/mol. The van der Waals surface area contributed by atoms with E-state index in [1.54, 1.807) is 22.7 Å². The molecule has 0 aliphatic carbocycles. The van der Waals surface area contributed by atoms with Gasteiger partial charge in [-0.2, -0.15) is 0 Å². The topological polar surface area (TPSA) is 46.9 Å². The highest BCUT2D eigenvalue weighted by atomic mass is 32.2. The molecule has 2 aromatic rings. The second-order valence-corrected chi connectivity index (χ2v) is 6.55. The summed E-state index contributed by atoms with van der Waals surface area (Å²) in [6, 6.07) is 8.22. The lowest BCUT2D eigenvalue weighted by Crippen LogP contribution is -2.30. The molecule has 0 fully saturated rings. The summed E-state index contributed by atoms with van der Waals surface area (Å²) in [6.45, 7) is 4.60. The summed E-state index contributed by atoms with van der Waals surface area (Å²) >= 11 is 1.80. The van der Waals surface area contributed by atoms with Crippen molar-refractivity contribution < 1.29 is 0 Å². The fourth-order valence-electron chi connectivity index (χ4n) is 2.70. The van der Waals surface area contributed by atoms with E-state index in [-0.39, 0.29) is 5.56 Å². The van der Waals surface area contributed by atoms with Gasteiger partial charge in [-0.15, -0.1) is 11.8 Å². The Balaban J connectivity index is 1.92. The normalized spacial score (nSPS) is 13.3. The van der Waals surface area contributed by atoms with E-state index < -0.39 is 0 Å². The van der Waals surface area contributed by atoms with Crippen molar-refractivity contribution in [1.82, 2.24) is 14.9 Å². The number of nitrogens with zero attached hydrogens (tertiary/aromatic N) is 2. The molecule has 0 unspecified atom stereocenters. The van der Waals surface area contributed by atoms with Crippen LogP contribution >= 0.6 is 11.8 Å². The van der Waals surface area contributed by atoms with Gasteiger partial charge in [-0.1, -0.05) is 25.1 Å². The smallest absolute Gasteiger partial charge is 0.257 e. The molecule has 0 saturated heterocycles. The molecule has 5 heteroatoms. The van der Waals surface area contributed by atoms with Crippen LogP contribution in [-0.2, 0) is 13.0 Å². The maximum atomic E-state index is 12.7. The van der Waals surface area contributed by atoms with Crippen LogP contribution < -0.4 is 10.9 Å². The second-order valence-electron chi connectivity index (χ2n) is 5.41. The SMILES string of the molecule is CCCNCCn1cnc2c(c1=O)CCSc1ccccc1-2. The molecule has 2 heterocycles. The molecule has 0 spiro atoms. The van der Waals surface area contributed by atoms with Gasteiger partial charge in [0.25, 0.3) is 5.56 Å². The molecule has 0 radical (unpaired) electrons. The maximum absolute atomic E-state index is 12.7. The monoisotopic (exact) mass is 315 g/mol. The fraction of sp³-hybridized carbons (Fsp3) is 0.412. The minimum Gasteiger partial charge on any atom is -0.315 e. The third-order valence-electron chi connectivity index (χ3n) is 3.84. The Morgan fingerprint density at radius 3 is 3.05 bits per heavy atom. The first-order valence-corrected chi connectivity index (χ1v) is 8.81. The third kappa shape index (κ3) is 3.10. The Kier molecular flexibility index (Phi) is 4.95. The van der Waals surface area contributed by atoms with Crippen LogP contribution in [0.15, 0.2) is 40.3 Å². The minimum atomic E-state index is 0.112. The molecule has 0 saturated carbocycles. The van der Waals surface area contributed by atoms with Gasteiger partial charge < -0.3 is 5.32 Å². The van der Waals surface area contributed by atoms with Crippen LogP contribution in [-0.4, -0.2) is 28.4 Å². The Labute approximate surface area is 135 Å². The number of rotatable bonds is 5. The van der Waals surface area contributed by atoms with E-state index in [0.29, 0.717) is 6.54 Å². The Hall–Kier alpha value is -1.59. The first kappa shape index (κ1) is 15.3. The van der Waals surface area contributed by atoms with Crippen molar-refractivity contribution in [2.75, 3.05) is 18.8 Å². The van der Waals surface area contributed by atoms with Crippen LogP contribution in [0.2, 0.25) is 0 Å². The first-order valence-electron chi connectivity index (χ1n) is 7.82. The summed E-state index contributed by atoms with van der Waals surface area (Å²) < 4.78 is 1.74. The van der Waals surface area contributed by atoms with Gasteiger partial charge in [0, 0.05) is 34.9 Å². The summed E-state index contributed by atoms with van der Waals surface area (Å²) in [5, 5.41) is 3.33. The highest BCUT2D eigenvalue weighted by Gasteiger charge is 2.19. The quantitative estimate of drug-likeness (QED) is 0.862. The molecular formula is C17H21N3OS. The predicted octanol–water partition coefficient (Wildman–Crippen LogP) is 2.56. The molecule has 1 aromatic carbocycles. The van der Waals surface area contributed by atoms with Crippen molar-refractivity contribution in [1.29, 1.82) is 0 Å². The fourth-order valence-corrected chi connectivity index (χ4v) is 3.72. The number of benzene rings is 1. The van der Waals surface area contributed by atoms with Gasteiger partial charge in [-0.3, -0.25) is 9.36 Å². The number of nitrogens with one attached hydrogen (secondary N) is 1. The summed E-state index contributed by atoms with van der Waals surface area (Å²) in [5.41, 5.74) is 2.92. The lowest BCUT2D eigenvalue weighted by atomic mass is 10.1. The minimum absolute atomic E-state index is 0.112. The van der Waals surface area contributed by atoms with Crippen LogP contribution in [0, 0.1) is 0 Å². The number of aromatic nitrogens is 2. The third-order valence-corrected chi connectivity index (χ3v) is 4.91. The zero-order valence-corrected chi connectivity index (χ0v) is 13.7. The first-order chi connectivity index (χ1) is 10.8. The van der Waals surface area contributed by atoms with E-state index in [1.165, 1.54) is 4.90 Å². The molecule has 3 rings (SSSR count). The second kappa shape index (κ2) is 7.11. The van der Waals surface area contributed by atoms with E-state index in [2.05, 4.69) is 29.4 Å². The van der Waals surface area contributed by atoms with Gasteiger partial charge in [0.05, 0.1) is 12.0 Å². The average Bonchev–Trinajstić information content (AvgIpc) is 2.73. The van der Waals surface area contributed by atoms with E-state index >= 15 is 0 Å². The van der Waals surface area contributed by atoms with Crippen molar-refractivity contribution in [3.63, 3.8) is 0 Å². The molecule has 0 amide bonds. The highest BCUT2D eigenvalue weighted by molar-refractivity contribution is 7.99. The molecule has 4 nitrogen and oxygen atoms in total. The van der Waals surface area contributed by atoms with Crippen molar-refractivity contribution in [3.8, 4) is 11.3 Å². The van der Waals surface area contributed by atoms with Crippen LogP contribution in [0.25, 0.3) is 11.3 Å². The Morgan fingerprint density at radius 2 is 2.18 bits per heavy atom. The maximum Gasteiger partial charge on any atom is 0.257 e. The Bertz CT molecular complexity index is 711. The molecule has 1 aliphatic rings. The largest absolute Gasteiger partial charge is 0.315 e. The zero-order chi connectivity index (χ0) is 15.4. The van der Waals surface area contributed by atoms with Gasteiger partial charge in [0.15, 0.2) is 0 Å². The van der Waals surface area contributed by atoms with E-state index in [0.717, 1.165) is 48.5 Å². The van der Waals surface area contributed by atoms with Crippen molar-refractivity contribution in [2.45, 2.75) is 31.2 Å². The van der Waals surface area contributed by atoms with Crippen molar-refractivity contribution in [3.05, 3.63) is 46.5 Å². The molecule has 0 atom stereocenters. The summed E-state index contributed by atoms with van der Waals surface area (Å²) in [5.74, 6) is 0.930. The molecule has 1 aliphatic heterocycles. The molecule has 1 aromatic heterocycles. The molecular weight excluding hydrogens is 294 g/mol. The van der Waals surface area contributed by atoms with Crippen LogP contribution in [0.3, 0.4) is 0 Å². The Morgan fingerprint density at radius 1 is 1.32 bits per heavy atom. The zero-order valence-electron chi connectivity index (χ0n) is 12.8. The summed E-state index contributed by atoms with van der Waals surface area (Å²) in [4.78, 5) is 18.5. The van der Waals surface area contributed by atoms with Gasteiger partial charge in [0.1, 0.15) is 0 Å². The van der Waals surface area contributed by atoms with Crippen LogP contribution in [0.5, 0.6) is 0 Å². The lowest BCUT2D eigenvalue weighted by molar-refractivity contribution is 0.573. The van der Waals surface area contributed by atoms with Crippen molar-refractivity contribution in [2.24, 2.45) is 0 Å². The molecule has 22 heavy (non-hydrogen) atoms. The molecule has 0 bridgehead atoms. The standard InChI is InChI=1S/C17H21N3OS/c1-2-8-18-9-10-20-12-19-16-13-5-3-4-6-15(13)22-11-7-14(16)17(20)21/h3-6,12,18H,2,7-11H2,1H3. The van der Waals surface area contributed by atoms with Crippen LogP contribution in [0.4, 0.5) is 0 Å². The summed E-state index contributed by atoms with van der Waals surface area (Å²) in [7, 11) is 0. The molecule has 116 valence electrons. The van der Waals surface area contributed by atoms with Crippen molar-refractivity contribution >= 4 is 11.8 Å². The molecule has 1 N–H and O–H groups in total. The van der Waals surface area contributed by atoms with Gasteiger partial charge in [-0.25, -0.2) is 4.98 Å².